The molecular weight excluding hydrogens is 382 g/mol. The van der Waals surface area contributed by atoms with Crippen LogP contribution in [0, 0.1) is 6.92 Å². The second kappa shape index (κ2) is 9.32. The number of esters is 1. The third-order valence-electron chi connectivity index (χ3n) is 4.14. The van der Waals surface area contributed by atoms with Gasteiger partial charge in [0.15, 0.2) is 0 Å². The Bertz CT molecular complexity index is 1030. The van der Waals surface area contributed by atoms with Gasteiger partial charge in [-0.25, -0.2) is 14.6 Å². The van der Waals surface area contributed by atoms with Crippen LogP contribution >= 0.6 is 11.3 Å². The van der Waals surface area contributed by atoms with E-state index in [9.17, 15) is 19.5 Å². The van der Waals surface area contributed by atoms with Crippen LogP contribution < -0.4 is 11.2 Å². The molecule has 0 spiro atoms. The van der Waals surface area contributed by atoms with E-state index in [0.717, 1.165) is 15.6 Å². The fourth-order valence-electron chi connectivity index (χ4n) is 2.63. The number of unbranched alkanes of at least 4 members (excludes halogenated alkanes) is 1. The number of thiophene rings is 1. The summed E-state index contributed by atoms with van der Waals surface area (Å²) in [5, 5.41) is 12.6. The summed E-state index contributed by atoms with van der Waals surface area (Å²) < 4.78 is 6.91. The van der Waals surface area contributed by atoms with Crippen LogP contribution in [0.15, 0.2) is 32.6 Å². The van der Waals surface area contributed by atoms with Gasteiger partial charge in [0.05, 0.1) is 12.7 Å². The summed E-state index contributed by atoms with van der Waals surface area (Å²) in [5.41, 5.74) is -0.402. The van der Waals surface area contributed by atoms with E-state index < -0.39 is 23.1 Å². The van der Waals surface area contributed by atoms with Crippen molar-refractivity contribution in [3.05, 3.63) is 55.6 Å². The molecule has 0 amide bonds. The standard InChI is InChI=1S/C19H23N3O5S/c1-5-7-9-22-17(24)13(16(23)21(8-6-2)19(22)26)10-20-15-14(18(25)27-4)12(3)11-28-15/h6,10-11,24H,2,5,7-9H2,1,3-4H3. The molecule has 2 heterocycles. The molecule has 0 aliphatic heterocycles. The molecular formula is C19H23N3O5S. The molecule has 0 bridgehead atoms. The van der Waals surface area contributed by atoms with Crippen molar-refractivity contribution >= 4 is 28.5 Å². The van der Waals surface area contributed by atoms with E-state index in [1.807, 2.05) is 6.92 Å². The summed E-state index contributed by atoms with van der Waals surface area (Å²) in [7, 11) is 1.27. The predicted molar refractivity (Wildman–Crippen MR) is 109 cm³/mol. The summed E-state index contributed by atoms with van der Waals surface area (Å²) in [4.78, 5) is 41.4. The highest BCUT2D eigenvalue weighted by Gasteiger charge is 2.19. The van der Waals surface area contributed by atoms with Gasteiger partial charge in [-0.15, -0.1) is 17.9 Å². The van der Waals surface area contributed by atoms with Crippen LogP contribution in [-0.4, -0.2) is 33.5 Å². The lowest BCUT2D eigenvalue weighted by atomic mass is 10.2. The van der Waals surface area contributed by atoms with Gasteiger partial charge in [0.25, 0.3) is 5.56 Å². The topological polar surface area (TPSA) is 103 Å². The Hall–Kier alpha value is -2.94. The van der Waals surface area contributed by atoms with Gasteiger partial charge >= 0.3 is 11.7 Å². The van der Waals surface area contributed by atoms with E-state index in [4.69, 9.17) is 4.74 Å². The van der Waals surface area contributed by atoms with Gasteiger partial charge in [-0.1, -0.05) is 19.4 Å². The highest BCUT2D eigenvalue weighted by molar-refractivity contribution is 7.14. The van der Waals surface area contributed by atoms with Gasteiger partial charge in [-0.3, -0.25) is 13.9 Å². The number of hydrogen-bond acceptors (Lipinski definition) is 7. The summed E-state index contributed by atoms with van der Waals surface area (Å²) in [6.45, 7) is 7.55. The third kappa shape index (κ3) is 4.14. The van der Waals surface area contributed by atoms with Gasteiger partial charge in [-0.2, -0.15) is 0 Å². The maximum Gasteiger partial charge on any atom is 0.341 e. The third-order valence-corrected chi connectivity index (χ3v) is 5.14. The van der Waals surface area contributed by atoms with E-state index >= 15 is 0 Å². The molecule has 2 rings (SSSR count). The van der Waals surface area contributed by atoms with E-state index in [1.165, 1.54) is 30.7 Å². The predicted octanol–water partition coefficient (Wildman–Crippen LogP) is 2.61. The Kier molecular flexibility index (Phi) is 7.11. The molecule has 2 aromatic heterocycles. The number of aromatic nitrogens is 2. The number of rotatable bonds is 8. The minimum atomic E-state index is -0.674. The van der Waals surface area contributed by atoms with Crippen molar-refractivity contribution < 1.29 is 14.6 Å². The van der Waals surface area contributed by atoms with Crippen LogP contribution in [0.4, 0.5) is 5.00 Å². The number of carbonyl (C=O) groups excluding carboxylic acids is 1. The zero-order chi connectivity index (χ0) is 20.8. The smallest absolute Gasteiger partial charge is 0.341 e. The zero-order valence-electron chi connectivity index (χ0n) is 16.1. The molecule has 0 unspecified atom stereocenters. The average Bonchev–Trinajstić information content (AvgIpc) is 3.05. The molecule has 0 fully saturated rings. The zero-order valence-corrected chi connectivity index (χ0v) is 16.9. The molecule has 0 aliphatic rings. The molecule has 0 aliphatic carbocycles. The number of aromatic hydroxyl groups is 1. The van der Waals surface area contributed by atoms with Crippen molar-refractivity contribution in [3.8, 4) is 5.88 Å². The lowest BCUT2D eigenvalue weighted by Crippen LogP contribution is -2.41. The largest absolute Gasteiger partial charge is 0.494 e. The number of allylic oxidation sites excluding steroid dienone is 1. The normalized spacial score (nSPS) is 11.1. The van der Waals surface area contributed by atoms with Crippen LogP contribution in [0.2, 0.25) is 0 Å². The highest BCUT2D eigenvalue weighted by atomic mass is 32.1. The molecule has 150 valence electrons. The molecule has 0 saturated carbocycles. The Morgan fingerprint density at radius 3 is 2.71 bits per heavy atom. The van der Waals surface area contributed by atoms with Crippen LogP contribution in [0.5, 0.6) is 5.88 Å². The number of aliphatic imine (C=N–C) groups is 1. The first-order valence-corrected chi connectivity index (χ1v) is 9.63. The summed E-state index contributed by atoms with van der Waals surface area (Å²) in [5.74, 6) is -0.979. The van der Waals surface area contributed by atoms with Crippen molar-refractivity contribution in [2.45, 2.75) is 39.8 Å². The second-order valence-corrected chi connectivity index (χ2v) is 6.94. The van der Waals surface area contributed by atoms with Crippen LogP contribution in [-0.2, 0) is 17.8 Å². The molecule has 8 nitrogen and oxygen atoms in total. The van der Waals surface area contributed by atoms with Gasteiger partial charge in [0, 0.05) is 19.3 Å². The first-order chi connectivity index (χ1) is 13.4. The Labute approximate surface area is 166 Å². The Morgan fingerprint density at radius 1 is 1.39 bits per heavy atom. The number of carbonyl (C=O) groups is 1. The van der Waals surface area contributed by atoms with E-state index in [0.29, 0.717) is 22.5 Å². The fourth-order valence-corrected chi connectivity index (χ4v) is 3.51. The van der Waals surface area contributed by atoms with Crippen LogP contribution in [0.3, 0.4) is 0 Å². The Morgan fingerprint density at radius 2 is 2.11 bits per heavy atom. The van der Waals surface area contributed by atoms with Crippen molar-refractivity contribution in [2.24, 2.45) is 4.99 Å². The summed E-state index contributed by atoms with van der Waals surface area (Å²) in [6.07, 6.45) is 4.08. The molecule has 0 aromatic carbocycles. The average molecular weight is 405 g/mol. The number of nitrogens with zero attached hydrogens (tertiary/aromatic N) is 3. The molecule has 0 atom stereocenters. The highest BCUT2D eigenvalue weighted by Crippen LogP contribution is 2.31. The molecule has 0 radical (unpaired) electrons. The number of methoxy groups -OCH3 is 1. The molecule has 0 saturated heterocycles. The Balaban J connectivity index is 2.63. The quantitative estimate of drug-likeness (QED) is 0.413. The van der Waals surface area contributed by atoms with Gasteiger partial charge in [0.2, 0.25) is 5.88 Å². The SMILES string of the molecule is C=CCn1c(=O)c(C=Nc2scc(C)c2C(=O)OC)c(O)n(CCCC)c1=O. The maximum atomic E-state index is 12.7. The first kappa shape index (κ1) is 21.4. The molecule has 28 heavy (non-hydrogen) atoms. The fraction of sp³-hybridized carbons (Fsp3) is 0.368. The summed E-state index contributed by atoms with van der Waals surface area (Å²) in [6, 6.07) is 0. The summed E-state index contributed by atoms with van der Waals surface area (Å²) >= 11 is 1.21. The lowest BCUT2D eigenvalue weighted by molar-refractivity contribution is 0.0601. The minimum absolute atomic E-state index is 0.0103. The minimum Gasteiger partial charge on any atom is -0.494 e. The van der Waals surface area contributed by atoms with Crippen LogP contribution in [0.1, 0.15) is 41.3 Å². The monoisotopic (exact) mass is 405 g/mol. The van der Waals surface area contributed by atoms with Gasteiger partial charge in [-0.05, 0) is 24.3 Å². The molecule has 2 aromatic rings. The number of hydrogen-bond donors (Lipinski definition) is 1. The van der Waals surface area contributed by atoms with E-state index in [1.54, 1.807) is 12.3 Å². The van der Waals surface area contributed by atoms with Crippen molar-refractivity contribution in [1.29, 1.82) is 0 Å². The lowest BCUT2D eigenvalue weighted by Gasteiger charge is -2.13. The first-order valence-electron chi connectivity index (χ1n) is 8.75. The molecule has 1 N–H and O–H groups in total. The maximum absolute atomic E-state index is 12.7. The van der Waals surface area contributed by atoms with Crippen molar-refractivity contribution in [2.75, 3.05) is 7.11 Å². The van der Waals surface area contributed by atoms with Crippen LogP contribution in [0.25, 0.3) is 0 Å². The number of ether oxygens (including phenoxy) is 1. The molecule has 9 heteroatoms. The van der Waals surface area contributed by atoms with Crippen molar-refractivity contribution in [1.82, 2.24) is 9.13 Å². The second-order valence-electron chi connectivity index (χ2n) is 6.08. The van der Waals surface area contributed by atoms with Gasteiger partial charge < -0.3 is 9.84 Å². The van der Waals surface area contributed by atoms with Crippen molar-refractivity contribution in [3.63, 3.8) is 0 Å². The van der Waals surface area contributed by atoms with Gasteiger partial charge in [0.1, 0.15) is 10.6 Å². The van der Waals surface area contributed by atoms with E-state index in [-0.39, 0.29) is 18.7 Å². The number of aryl methyl sites for hydroxylation is 1. The van der Waals surface area contributed by atoms with E-state index in [2.05, 4.69) is 11.6 Å².